The van der Waals surface area contributed by atoms with Crippen LogP contribution in [0.15, 0.2) is 30.3 Å². The summed E-state index contributed by atoms with van der Waals surface area (Å²) in [6.07, 6.45) is 0.180. The first-order valence-electron chi connectivity index (χ1n) is 5.43. The Labute approximate surface area is 107 Å². The lowest BCUT2D eigenvalue weighted by atomic mass is 10.0. The third-order valence-corrected chi connectivity index (χ3v) is 2.79. The van der Waals surface area contributed by atoms with Crippen molar-refractivity contribution in [3.05, 3.63) is 35.9 Å². The highest BCUT2D eigenvalue weighted by Gasteiger charge is 2.31. The molecular weight excluding hydrogens is 240 g/mol. The molecule has 0 bridgehead atoms. The number of likely N-dealkylation sites (tertiary alicyclic amines) is 1. The Kier molecular flexibility index (Phi) is 4.93. The second kappa shape index (κ2) is 6.00. The van der Waals surface area contributed by atoms with E-state index in [1.54, 1.807) is 4.90 Å². The summed E-state index contributed by atoms with van der Waals surface area (Å²) in [5, 5.41) is 9.10. The van der Waals surface area contributed by atoms with Crippen LogP contribution in [-0.2, 0) is 11.2 Å². The maximum atomic E-state index is 11.8. The number of amides is 1. The zero-order valence-corrected chi connectivity index (χ0v) is 10.3. The van der Waals surface area contributed by atoms with Crippen molar-refractivity contribution in [3.63, 3.8) is 0 Å². The van der Waals surface area contributed by atoms with Crippen LogP contribution in [-0.4, -0.2) is 41.1 Å². The maximum absolute atomic E-state index is 11.8. The van der Waals surface area contributed by atoms with Gasteiger partial charge in [0.15, 0.2) is 0 Å². The van der Waals surface area contributed by atoms with E-state index >= 15 is 0 Å². The smallest absolute Gasteiger partial charge is 0.240 e. The van der Waals surface area contributed by atoms with Crippen LogP contribution in [0.1, 0.15) is 5.56 Å². The lowest BCUT2D eigenvalue weighted by Gasteiger charge is -2.37. The van der Waals surface area contributed by atoms with E-state index in [1.807, 2.05) is 30.3 Å². The van der Waals surface area contributed by atoms with Gasteiger partial charge in [-0.25, -0.2) is 0 Å². The number of hydrogen-bond acceptors (Lipinski definition) is 3. The summed E-state index contributed by atoms with van der Waals surface area (Å²) in [7, 11) is 0. The van der Waals surface area contributed by atoms with Gasteiger partial charge in [-0.1, -0.05) is 30.3 Å². The predicted molar refractivity (Wildman–Crippen MR) is 68.0 cm³/mol. The van der Waals surface area contributed by atoms with Gasteiger partial charge in [0.1, 0.15) is 0 Å². The molecule has 5 heteroatoms. The molecule has 0 radical (unpaired) electrons. The molecule has 1 aliphatic heterocycles. The number of β-amino-alcohol motifs (C(OH)–C–C–N with tert-alkyl or cyclic N) is 1. The van der Waals surface area contributed by atoms with Crippen LogP contribution in [0.4, 0.5) is 0 Å². The Hall–Kier alpha value is -1.10. The molecule has 0 unspecified atom stereocenters. The third kappa shape index (κ3) is 3.43. The fourth-order valence-electron chi connectivity index (χ4n) is 1.83. The van der Waals surface area contributed by atoms with Crippen LogP contribution in [0.2, 0.25) is 0 Å². The van der Waals surface area contributed by atoms with Gasteiger partial charge in [-0.15, -0.1) is 12.4 Å². The lowest BCUT2D eigenvalue weighted by Crippen LogP contribution is -2.58. The van der Waals surface area contributed by atoms with E-state index in [-0.39, 0.29) is 24.4 Å². The molecule has 1 aliphatic rings. The Morgan fingerprint density at radius 2 is 2.00 bits per heavy atom. The van der Waals surface area contributed by atoms with Gasteiger partial charge in [0.2, 0.25) is 5.91 Å². The molecule has 4 nitrogen and oxygen atoms in total. The third-order valence-electron chi connectivity index (χ3n) is 2.79. The second-order valence-corrected chi connectivity index (χ2v) is 4.19. The number of benzene rings is 1. The van der Waals surface area contributed by atoms with E-state index in [2.05, 4.69) is 0 Å². The molecule has 1 atom stereocenters. The monoisotopic (exact) mass is 256 g/mol. The van der Waals surface area contributed by atoms with Crippen LogP contribution in [0.3, 0.4) is 0 Å². The van der Waals surface area contributed by atoms with Crippen LogP contribution < -0.4 is 5.73 Å². The van der Waals surface area contributed by atoms with Crippen LogP contribution in [0.25, 0.3) is 0 Å². The van der Waals surface area contributed by atoms with Gasteiger partial charge in [-0.2, -0.15) is 0 Å². The minimum atomic E-state index is -0.505. The van der Waals surface area contributed by atoms with Crippen molar-refractivity contribution in [3.8, 4) is 0 Å². The van der Waals surface area contributed by atoms with E-state index < -0.39 is 6.04 Å². The van der Waals surface area contributed by atoms with Gasteiger partial charge in [-0.3, -0.25) is 4.79 Å². The molecule has 1 fully saturated rings. The van der Waals surface area contributed by atoms with Crippen molar-refractivity contribution < 1.29 is 9.90 Å². The van der Waals surface area contributed by atoms with Gasteiger partial charge >= 0.3 is 0 Å². The fraction of sp³-hybridized carbons (Fsp3) is 0.417. The number of rotatable bonds is 3. The fourth-order valence-corrected chi connectivity index (χ4v) is 1.83. The number of hydrogen-bond donors (Lipinski definition) is 2. The molecule has 1 aromatic carbocycles. The maximum Gasteiger partial charge on any atom is 0.240 e. The number of nitrogens with zero attached hydrogens (tertiary/aromatic N) is 1. The first-order valence-corrected chi connectivity index (χ1v) is 5.43. The van der Waals surface area contributed by atoms with Crippen LogP contribution in [0.5, 0.6) is 0 Å². The summed E-state index contributed by atoms with van der Waals surface area (Å²) in [5.74, 6) is -0.0749. The summed E-state index contributed by atoms with van der Waals surface area (Å²) in [6.45, 7) is 0.836. The number of carbonyl (C=O) groups excluding carboxylic acids is 1. The average Bonchev–Trinajstić information content (AvgIpc) is 2.25. The molecule has 1 saturated heterocycles. The van der Waals surface area contributed by atoms with Gasteiger partial charge in [0.05, 0.1) is 12.1 Å². The van der Waals surface area contributed by atoms with Crippen LogP contribution >= 0.6 is 12.4 Å². The first-order chi connectivity index (χ1) is 7.66. The molecule has 0 spiro atoms. The van der Waals surface area contributed by atoms with Gasteiger partial charge < -0.3 is 15.7 Å². The van der Waals surface area contributed by atoms with E-state index in [0.29, 0.717) is 19.5 Å². The summed E-state index contributed by atoms with van der Waals surface area (Å²) in [4.78, 5) is 13.4. The Balaban J connectivity index is 0.00000144. The van der Waals surface area contributed by atoms with E-state index in [9.17, 15) is 4.79 Å². The highest BCUT2D eigenvalue weighted by molar-refractivity contribution is 5.85. The molecule has 0 aromatic heterocycles. The molecule has 0 aliphatic carbocycles. The highest BCUT2D eigenvalue weighted by Crippen LogP contribution is 2.11. The second-order valence-electron chi connectivity index (χ2n) is 4.19. The molecule has 1 aromatic rings. The molecule has 2 rings (SSSR count). The van der Waals surface area contributed by atoms with Crippen molar-refractivity contribution in [2.45, 2.75) is 18.6 Å². The standard InChI is InChI=1S/C12H16N2O2.ClH/c13-11(6-9-4-2-1-3-5-9)12(16)14-7-10(15)8-14;/h1-5,10-11,15H,6-8,13H2;1H/t11-;/m0./s1. The lowest BCUT2D eigenvalue weighted by molar-refractivity contribution is -0.142. The highest BCUT2D eigenvalue weighted by atomic mass is 35.5. The van der Waals surface area contributed by atoms with Crippen LogP contribution in [0, 0.1) is 0 Å². The number of aliphatic hydroxyl groups is 1. The van der Waals surface area contributed by atoms with E-state index in [0.717, 1.165) is 5.56 Å². The Bertz CT molecular complexity index is 366. The SMILES string of the molecule is Cl.N[C@@H](Cc1ccccc1)C(=O)N1CC(O)C1. The Morgan fingerprint density at radius 1 is 1.41 bits per heavy atom. The molecule has 1 amide bonds. The predicted octanol–water partition coefficient (Wildman–Crippen LogP) is 0.181. The first kappa shape index (κ1) is 14.0. The number of halogens is 1. The number of nitrogens with two attached hydrogens (primary N) is 1. The molecule has 17 heavy (non-hydrogen) atoms. The molecule has 1 heterocycles. The van der Waals surface area contributed by atoms with Gasteiger partial charge in [-0.05, 0) is 12.0 Å². The molecule has 3 N–H and O–H groups in total. The summed E-state index contributed by atoms with van der Waals surface area (Å²) in [5.41, 5.74) is 6.89. The zero-order valence-electron chi connectivity index (χ0n) is 9.45. The molecular formula is C12H17ClN2O2. The van der Waals surface area contributed by atoms with Crippen molar-refractivity contribution in [1.29, 1.82) is 0 Å². The average molecular weight is 257 g/mol. The van der Waals surface area contributed by atoms with Gasteiger partial charge in [0, 0.05) is 13.1 Å². The summed E-state index contributed by atoms with van der Waals surface area (Å²) in [6, 6.07) is 9.20. The van der Waals surface area contributed by atoms with Crippen molar-refractivity contribution in [2.75, 3.05) is 13.1 Å². The minimum absolute atomic E-state index is 0. The quantitative estimate of drug-likeness (QED) is 0.811. The minimum Gasteiger partial charge on any atom is -0.389 e. The summed E-state index contributed by atoms with van der Waals surface area (Å²) >= 11 is 0. The summed E-state index contributed by atoms with van der Waals surface area (Å²) < 4.78 is 0. The zero-order chi connectivity index (χ0) is 11.5. The number of carbonyl (C=O) groups is 1. The van der Waals surface area contributed by atoms with Gasteiger partial charge in [0.25, 0.3) is 0 Å². The van der Waals surface area contributed by atoms with Crippen molar-refractivity contribution >= 4 is 18.3 Å². The molecule has 94 valence electrons. The van der Waals surface area contributed by atoms with E-state index in [4.69, 9.17) is 10.8 Å². The number of aliphatic hydroxyl groups excluding tert-OH is 1. The van der Waals surface area contributed by atoms with Crippen molar-refractivity contribution in [2.24, 2.45) is 5.73 Å². The molecule has 0 saturated carbocycles. The Morgan fingerprint density at radius 3 is 2.53 bits per heavy atom. The topological polar surface area (TPSA) is 66.6 Å². The van der Waals surface area contributed by atoms with E-state index in [1.165, 1.54) is 0 Å². The largest absolute Gasteiger partial charge is 0.389 e. The van der Waals surface area contributed by atoms with Crippen molar-refractivity contribution in [1.82, 2.24) is 4.90 Å². The normalized spacial score (nSPS) is 16.9.